The van der Waals surface area contributed by atoms with Gasteiger partial charge in [-0.15, -0.1) is 11.6 Å². The Hall–Kier alpha value is -1.26. The third-order valence-electron chi connectivity index (χ3n) is 2.95. The molecule has 5 heteroatoms. The number of benzene rings is 2. The second-order valence-electron chi connectivity index (χ2n) is 4.14. The van der Waals surface area contributed by atoms with Crippen LogP contribution in [0, 0.1) is 5.82 Å². The molecular formula is C15H13BrClFO2. The maximum atomic E-state index is 14.0. The van der Waals surface area contributed by atoms with Crippen LogP contribution in [0.3, 0.4) is 0 Å². The van der Waals surface area contributed by atoms with Crippen LogP contribution in [0.2, 0.25) is 0 Å². The van der Waals surface area contributed by atoms with E-state index in [2.05, 4.69) is 15.9 Å². The molecule has 0 bridgehead atoms. The highest BCUT2D eigenvalue weighted by Crippen LogP contribution is 2.38. The molecule has 0 aromatic heterocycles. The van der Waals surface area contributed by atoms with E-state index >= 15 is 0 Å². The van der Waals surface area contributed by atoms with E-state index in [1.807, 2.05) is 0 Å². The fourth-order valence-electron chi connectivity index (χ4n) is 1.90. The van der Waals surface area contributed by atoms with Gasteiger partial charge in [-0.3, -0.25) is 0 Å². The van der Waals surface area contributed by atoms with Crippen LogP contribution in [0.4, 0.5) is 4.39 Å². The normalized spacial score (nSPS) is 12.1. The molecule has 0 saturated heterocycles. The molecule has 1 atom stereocenters. The van der Waals surface area contributed by atoms with E-state index in [4.69, 9.17) is 21.1 Å². The summed E-state index contributed by atoms with van der Waals surface area (Å²) in [5, 5.41) is -0.635. The predicted octanol–water partition coefficient (Wildman–Crippen LogP) is 4.93. The van der Waals surface area contributed by atoms with Gasteiger partial charge >= 0.3 is 0 Å². The van der Waals surface area contributed by atoms with Gasteiger partial charge in [0.25, 0.3) is 0 Å². The Morgan fingerprint density at radius 3 is 2.35 bits per heavy atom. The largest absolute Gasteiger partial charge is 0.497 e. The van der Waals surface area contributed by atoms with Crippen LogP contribution in [0.1, 0.15) is 16.5 Å². The van der Waals surface area contributed by atoms with Crippen LogP contribution in [0.25, 0.3) is 0 Å². The molecule has 0 N–H and O–H groups in total. The molecule has 0 heterocycles. The zero-order valence-corrected chi connectivity index (χ0v) is 13.3. The number of rotatable bonds is 4. The van der Waals surface area contributed by atoms with Crippen molar-refractivity contribution in [2.45, 2.75) is 5.38 Å². The first-order valence-electron chi connectivity index (χ1n) is 5.87. The first-order chi connectivity index (χ1) is 9.56. The van der Waals surface area contributed by atoms with E-state index in [1.165, 1.54) is 6.07 Å². The second kappa shape index (κ2) is 6.46. The van der Waals surface area contributed by atoms with Gasteiger partial charge in [0.1, 0.15) is 17.3 Å². The summed E-state index contributed by atoms with van der Waals surface area (Å²) >= 11 is 9.62. The maximum absolute atomic E-state index is 14.0. The zero-order chi connectivity index (χ0) is 14.7. The standard InChI is InChI=1S/C15H13BrClFO2/c1-19-10-4-6-12(14(8-10)20-2)15(17)11-5-3-9(16)7-13(11)18/h3-8,15H,1-2H3. The van der Waals surface area contributed by atoms with Crippen molar-refractivity contribution in [3.05, 3.63) is 57.8 Å². The monoisotopic (exact) mass is 358 g/mol. The van der Waals surface area contributed by atoms with Gasteiger partial charge in [-0.1, -0.05) is 22.0 Å². The molecular weight excluding hydrogens is 347 g/mol. The van der Waals surface area contributed by atoms with Crippen LogP contribution in [-0.4, -0.2) is 14.2 Å². The highest BCUT2D eigenvalue weighted by atomic mass is 79.9. The molecule has 0 aliphatic carbocycles. The minimum absolute atomic E-state index is 0.364. The van der Waals surface area contributed by atoms with Crippen LogP contribution in [-0.2, 0) is 0 Å². The number of halogens is 3. The first-order valence-corrected chi connectivity index (χ1v) is 7.10. The summed E-state index contributed by atoms with van der Waals surface area (Å²) in [6.07, 6.45) is 0. The van der Waals surface area contributed by atoms with Gasteiger partial charge in [0.15, 0.2) is 0 Å². The van der Waals surface area contributed by atoms with Gasteiger partial charge in [-0.2, -0.15) is 0 Å². The van der Waals surface area contributed by atoms with E-state index < -0.39 is 5.38 Å². The molecule has 0 saturated carbocycles. The Morgan fingerprint density at radius 2 is 1.75 bits per heavy atom. The lowest BCUT2D eigenvalue weighted by Gasteiger charge is -2.16. The molecule has 0 fully saturated rings. The Bertz CT molecular complexity index is 619. The Morgan fingerprint density at radius 1 is 1.05 bits per heavy atom. The molecule has 106 valence electrons. The van der Waals surface area contributed by atoms with Crippen molar-refractivity contribution in [3.63, 3.8) is 0 Å². The Kier molecular flexibility index (Phi) is 4.89. The number of hydrogen-bond donors (Lipinski definition) is 0. The van der Waals surface area contributed by atoms with Crippen LogP contribution in [0.5, 0.6) is 11.5 Å². The highest BCUT2D eigenvalue weighted by Gasteiger charge is 2.19. The molecule has 2 rings (SSSR count). The summed E-state index contributed by atoms with van der Waals surface area (Å²) in [4.78, 5) is 0. The van der Waals surface area contributed by atoms with Crippen LogP contribution >= 0.6 is 27.5 Å². The molecule has 0 spiro atoms. The summed E-state index contributed by atoms with van der Waals surface area (Å²) in [5.74, 6) is 0.856. The van der Waals surface area contributed by atoms with E-state index in [-0.39, 0.29) is 5.82 Å². The van der Waals surface area contributed by atoms with Crippen molar-refractivity contribution in [2.24, 2.45) is 0 Å². The molecule has 2 nitrogen and oxygen atoms in total. The van der Waals surface area contributed by atoms with Gasteiger partial charge in [-0.25, -0.2) is 4.39 Å². The summed E-state index contributed by atoms with van der Waals surface area (Å²) < 4.78 is 25.1. The molecule has 0 amide bonds. The number of hydrogen-bond acceptors (Lipinski definition) is 2. The molecule has 2 aromatic rings. The van der Waals surface area contributed by atoms with E-state index in [0.717, 1.165) is 0 Å². The third-order valence-corrected chi connectivity index (χ3v) is 3.91. The zero-order valence-electron chi connectivity index (χ0n) is 11.0. The summed E-state index contributed by atoms with van der Waals surface area (Å²) in [6, 6.07) is 10.1. The van der Waals surface area contributed by atoms with Crippen LogP contribution < -0.4 is 9.47 Å². The predicted molar refractivity (Wildman–Crippen MR) is 81.3 cm³/mol. The fraction of sp³-hybridized carbons (Fsp3) is 0.200. The average molecular weight is 360 g/mol. The summed E-state index contributed by atoms with van der Waals surface area (Å²) in [6.45, 7) is 0. The first kappa shape index (κ1) is 15.1. The van der Waals surface area contributed by atoms with Crippen molar-refractivity contribution < 1.29 is 13.9 Å². The van der Waals surface area contributed by atoms with Gasteiger partial charge in [0.2, 0.25) is 0 Å². The molecule has 0 aliphatic rings. The van der Waals surface area contributed by atoms with Gasteiger partial charge in [0.05, 0.1) is 19.6 Å². The third kappa shape index (κ3) is 3.07. The fourth-order valence-corrected chi connectivity index (χ4v) is 2.59. The van der Waals surface area contributed by atoms with Crippen molar-refractivity contribution in [3.8, 4) is 11.5 Å². The van der Waals surface area contributed by atoms with Gasteiger partial charge < -0.3 is 9.47 Å². The van der Waals surface area contributed by atoms with Crippen molar-refractivity contribution in [2.75, 3.05) is 14.2 Å². The Labute approximate surface area is 130 Å². The van der Waals surface area contributed by atoms with E-state index in [9.17, 15) is 4.39 Å². The minimum atomic E-state index is -0.635. The molecule has 1 unspecified atom stereocenters. The average Bonchev–Trinajstić information content (AvgIpc) is 2.46. The Balaban J connectivity index is 2.44. The van der Waals surface area contributed by atoms with Gasteiger partial charge in [-0.05, 0) is 24.3 Å². The summed E-state index contributed by atoms with van der Waals surface area (Å²) in [5.41, 5.74) is 1.09. The van der Waals surface area contributed by atoms with Crippen LogP contribution in [0.15, 0.2) is 40.9 Å². The number of alkyl halides is 1. The summed E-state index contributed by atoms with van der Waals surface area (Å²) in [7, 11) is 3.11. The quantitative estimate of drug-likeness (QED) is 0.720. The van der Waals surface area contributed by atoms with Crippen molar-refractivity contribution in [1.29, 1.82) is 0 Å². The van der Waals surface area contributed by atoms with E-state index in [1.54, 1.807) is 44.6 Å². The lowest BCUT2D eigenvalue weighted by molar-refractivity contribution is 0.391. The van der Waals surface area contributed by atoms with E-state index in [0.29, 0.717) is 27.1 Å². The van der Waals surface area contributed by atoms with Crippen molar-refractivity contribution in [1.82, 2.24) is 0 Å². The molecule has 0 aliphatic heterocycles. The smallest absolute Gasteiger partial charge is 0.129 e. The van der Waals surface area contributed by atoms with Gasteiger partial charge in [0, 0.05) is 21.7 Å². The highest BCUT2D eigenvalue weighted by molar-refractivity contribution is 9.10. The molecule has 20 heavy (non-hydrogen) atoms. The second-order valence-corrected chi connectivity index (χ2v) is 5.49. The minimum Gasteiger partial charge on any atom is -0.497 e. The number of methoxy groups -OCH3 is 2. The maximum Gasteiger partial charge on any atom is 0.129 e. The van der Waals surface area contributed by atoms with Crippen molar-refractivity contribution >= 4 is 27.5 Å². The topological polar surface area (TPSA) is 18.5 Å². The number of ether oxygens (including phenoxy) is 2. The lowest BCUT2D eigenvalue weighted by Crippen LogP contribution is -2.00. The molecule has 2 aromatic carbocycles. The lowest BCUT2D eigenvalue weighted by atomic mass is 10.0. The molecule has 0 radical (unpaired) electrons. The SMILES string of the molecule is COc1ccc(C(Cl)c2ccc(Br)cc2F)c(OC)c1.